The Labute approximate surface area is 112 Å². The van der Waals surface area contributed by atoms with E-state index < -0.39 is 0 Å². The van der Waals surface area contributed by atoms with Gasteiger partial charge in [-0.2, -0.15) is 0 Å². The number of hydrogen-bond donors (Lipinski definition) is 1. The van der Waals surface area contributed by atoms with E-state index in [-0.39, 0.29) is 5.38 Å². The molecule has 1 atom stereocenters. The molecule has 0 radical (unpaired) electrons. The molecule has 4 nitrogen and oxygen atoms in total. The third-order valence-corrected chi connectivity index (χ3v) is 2.78. The summed E-state index contributed by atoms with van der Waals surface area (Å²) in [5, 5.41) is 10.4. The molecule has 84 valence electrons. The van der Waals surface area contributed by atoms with Crippen molar-refractivity contribution in [1.29, 1.82) is 0 Å². The quantitative estimate of drug-likeness (QED) is 0.678. The maximum atomic E-state index is 5.82. The Morgan fingerprint density at radius 3 is 2.56 bits per heavy atom. The number of benzene rings is 1. The van der Waals surface area contributed by atoms with Crippen molar-refractivity contribution in [3.63, 3.8) is 0 Å². The number of hydrogen-bond acceptors (Lipinski definition) is 4. The van der Waals surface area contributed by atoms with Crippen LogP contribution >= 0.6 is 34.2 Å². The Kier molecular flexibility index (Phi) is 3.65. The SMILES string of the molecule is CC(Cl)c1nnc(Nc2ccc(I)cc2)o1. The van der Waals surface area contributed by atoms with Gasteiger partial charge in [-0.05, 0) is 53.8 Å². The van der Waals surface area contributed by atoms with Gasteiger partial charge in [-0.15, -0.1) is 16.7 Å². The van der Waals surface area contributed by atoms with Gasteiger partial charge < -0.3 is 9.73 Å². The molecule has 1 aromatic carbocycles. The van der Waals surface area contributed by atoms with E-state index in [1.807, 2.05) is 24.3 Å². The lowest BCUT2D eigenvalue weighted by molar-refractivity contribution is 0.510. The fourth-order valence-electron chi connectivity index (χ4n) is 1.10. The molecule has 0 fully saturated rings. The average molecular weight is 350 g/mol. The number of nitrogens with zero attached hydrogens (tertiary/aromatic N) is 2. The lowest BCUT2D eigenvalue weighted by atomic mass is 10.3. The zero-order valence-corrected chi connectivity index (χ0v) is 11.4. The van der Waals surface area contributed by atoms with Gasteiger partial charge in [-0.3, -0.25) is 0 Å². The van der Waals surface area contributed by atoms with Gasteiger partial charge in [0.1, 0.15) is 5.38 Å². The maximum absolute atomic E-state index is 5.82. The number of alkyl halides is 1. The fraction of sp³-hybridized carbons (Fsp3) is 0.200. The van der Waals surface area contributed by atoms with Crippen molar-refractivity contribution in [2.75, 3.05) is 5.32 Å². The lowest BCUT2D eigenvalue weighted by Gasteiger charge is -2.00. The molecule has 0 saturated heterocycles. The molecule has 1 heterocycles. The van der Waals surface area contributed by atoms with Crippen LogP contribution in [0.25, 0.3) is 0 Å². The highest BCUT2D eigenvalue weighted by Crippen LogP contribution is 2.21. The number of anilines is 2. The van der Waals surface area contributed by atoms with Crippen molar-refractivity contribution in [1.82, 2.24) is 10.2 Å². The third-order valence-electron chi connectivity index (χ3n) is 1.88. The van der Waals surface area contributed by atoms with Crippen molar-refractivity contribution >= 4 is 45.9 Å². The van der Waals surface area contributed by atoms with Gasteiger partial charge in [0.2, 0.25) is 5.89 Å². The Morgan fingerprint density at radius 2 is 2.00 bits per heavy atom. The summed E-state index contributed by atoms with van der Waals surface area (Å²) in [7, 11) is 0. The number of halogens is 2. The Bertz CT molecular complexity index is 469. The summed E-state index contributed by atoms with van der Waals surface area (Å²) in [4.78, 5) is 0. The molecule has 0 bridgehead atoms. The molecule has 1 N–H and O–H groups in total. The normalized spacial score (nSPS) is 12.4. The first-order valence-electron chi connectivity index (χ1n) is 4.65. The molecule has 1 aromatic heterocycles. The molecule has 0 aliphatic heterocycles. The molecule has 0 aliphatic carbocycles. The summed E-state index contributed by atoms with van der Waals surface area (Å²) in [5.41, 5.74) is 0.901. The van der Waals surface area contributed by atoms with Crippen LogP contribution in [-0.2, 0) is 0 Å². The molecule has 2 rings (SSSR count). The smallest absolute Gasteiger partial charge is 0.320 e. The van der Waals surface area contributed by atoms with E-state index in [2.05, 4.69) is 38.1 Å². The molecule has 6 heteroatoms. The molecule has 2 aromatic rings. The second-order valence-electron chi connectivity index (χ2n) is 3.19. The lowest BCUT2D eigenvalue weighted by Crippen LogP contribution is -1.89. The van der Waals surface area contributed by atoms with Gasteiger partial charge in [0.15, 0.2) is 0 Å². The second kappa shape index (κ2) is 5.01. The van der Waals surface area contributed by atoms with Gasteiger partial charge in [-0.1, -0.05) is 5.10 Å². The van der Waals surface area contributed by atoms with Gasteiger partial charge in [0, 0.05) is 9.26 Å². The molecular formula is C10H9ClIN3O. The number of rotatable bonds is 3. The zero-order valence-electron chi connectivity index (χ0n) is 8.45. The predicted octanol–water partition coefficient (Wildman–Crippen LogP) is 3.72. The topological polar surface area (TPSA) is 51.0 Å². The van der Waals surface area contributed by atoms with Crippen LogP contribution in [0.3, 0.4) is 0 Å². The van der Waals surface area contributed by atoms with Gasteiger partial charge >= 0.3 is 6.01 Å². The van der Waals surface area contributed by atoms with Gasteiger partial charge in [0.25, 0.3) is 0 Å². The van der Waals surface area contributed by atoms with E-state index >= 15 is 0 Å². The minimum absolute atomic E-state index is 0.278. The summed E-state index contributed by atoms with van der Waals surface area (Å²) >= 11 is 8.06. The van der Waals surface area contributed by atoms with Crippen LogP contribution in [0.15, 0.2) is 28.7 Å². The van der Waals surface area contributed by atoms with E-state index in [1.54, 1.807) is 6.92 Å². The Balaban J connectivity index is 2.11. The van der Waals surface area contributed by atoms with Crippen LogP contribution in [0.2, 0.25) is 0 Å². The molecule has 0 saturated carbocycles. The summed E-state index contributed by atoms with van der Waals surface area (Å²) in [6.07, 6.45) is 0. The van der Waals surface area contributed by atoms with Crippen LogP contribution in [0.1, 0.15) is 18.2 Å². The fourth-order valence-corrected chi connectivity index (χ4v) is 1.55. The number of nitrogens with one attached hydrogen (secondary N) is 1. The predicted molar refractivity (Wildman–Crippen MR) is 71.0 cm³/mol. The van der Waals surface area contributed by atoms with Crippen LogP contribution in [-0.4, -0.2) is 10.2 Å². The van der Waals surface area contributed by atoms with Crippen LogP contribution in [0.5, 0.6) is 0 Å². The monoisotopic (exact) mass is 349 g/mol. The molecule has 16 heavy (non-hydrogen) atoms. The van der Waals surface area contributed by atoms with Crippen molar-refractivity contribution in [3.8, 4) is 0 Å². The average Bonchev–Trinajstić information content (AvgIpc) is 2.70. The maximum Gasteiger partial charge on any atom is 0.320 e. The van der Waals surface area contributed by atoms with Crippen LogP contribution < -0.4 is 5.32 Å². The van der Waals surface area contributed by atoms with E-state index in [9.17, 15) is 0 Å². The first-order valence-corrected chi connectivity index (χ1v) is 6.17. The third kappa shape index (κ3) is 2.85. The summed E-state index contributed by atoms with van der Waals surface area (Å²) < 4.78 is 6.48. The second-order valence-corrected chi connectivity index (χ2v) is 5.09. The first kappa shape index (κ1) is 11.7. The van der Waals surface area contributed by atoms with E-state index in [4.69, 9.17) is 16.0 Å². The van der Waals surface area contributed by atoms with Crippen LogP contribution in [0.4, 0.5) is 11.7 Å². The zero-order chi connectivity index (χ0) is 11.5. The summed E-state index contributed by atoms with van der Waals surface area (Å²) in [5.74, 6) is 0.412. The highest BCUT2D eigenvalue weighted by molar-refractivity contribution is 14.1. The first-order chi connectivity index (χ1) is 7.65. The largest absolute Gasteiger partial charge is 0.406 e. The molecule has 0 aliphatic rings. The Morgan fingerprint density at radius 1 is 1.31 bits per heavy atom. The molecular weight excluding hydrogens is 340 g/mol. The van der Waals surface area contributed by atoms with E-state index in [0.717, 1.165) is 5.69 Å². The van der Waals surface area contributed by atoms with Crippen molar-refractivity contribution in [2.24, 2.45) is 0 Å². The minimum atomic E-state index is -0.278. The highest BCUT2D eigenvalue weighted by atomic mass is 127. The van der Waals surface area contributed by atoms with Crippen molar-refractivity contribution < 1.29 is 4.42 Å². The highest BCUT2D eigenvalue weighted by Gasteiger charge is 2.10. The van der Waals surface area contributed by atoms with Crippen molar-refractivity contribution in [3.05, 3.63) is 33.7 Å². The summed E-state index contributed by atoms with van der Waals surface area (Å²) in [6, 6.07) is 8.21. The van der Waals surface area contributed by atoms with E-state index in [0.29, 0.717) is 11.9 Å². The van der Waals surface area contributed by atoms with Gasteiger partial charge in [0.05, 0.1) is 0 Å². The Hall–Kier alpha value is -0.820. The molecule has 0 amide bonds. The summed E-state index contributed by atoms with van der Waals surface area (Å²) in [6.45, 7) is 1.78. The van der Waals surface area contributed by atoms with Gasteiger partial charge in [-0.25, -0.2) is 0 Å². The molecule has 1 unspecified atom stereocenters. The van der Waals surface area contributed by atoms with E-state index in [1.165, 1.54) is 3.57 Å². The van der Waals surface area contributed by atoms with Crippen LogP contribution in [0, 0.1) is 3.57 Å². The number of aromatic nitrogens is 2. The molecule has 0 spiro atoms. The minimum Gasteiger partial charge on any atom is -0.406 e. The van der Waals surface area contributed by atoms with Crippen molar-refractivity contribution in [2.45, 2.75) is 12.3 Å². The standard InChI is InChI=1S/C10H9ClIN3O/c1-6(11)9-14-15-10(16-9)13-8-4-2-7(12)3-5-8/h2-6H,1H3,(H,13,15).